The fourth-order valence-electron chi connectivity index (χ4n) is 2.89. The van der Waals surface area contributed by atoms with E-state index in [1.165, 1.54) is 16.4 Å². The van der Waals surface area contributed by atoms with Gasteiger partial charge in [0.2, 0.25) is 10.0 Å². The summed E-state index contributed by atoms with van der Waals surface area (Å²) < 4.78 is 41.4. The number of hydrogen-bond acceptors (Lipinski definition) is 4. The van der Waals surface area contributed by atoms with Gasteiger partial charge in [-0.2, -0.15) is 9.40 Å². The lowest BCUT2D eigenvalue weighted by atomic mass is 10.0. The van der Waals surface area contributed by atoms with Crippen LogP contribution in [0.25, 0.3) is 0 Å². The molecule has 1 atom stereocenters. The van der Waals surface area contributed by atoms with Gasteiger partial charge in [0.25, 0.3) is 0 Å². The summed E-state index contributed by atoms with van der Waals surface area (Å²) >= 11 is 0. The quantitative estimate of drug-likeness (QED) is 0.932. The second kappa shape index (κ2) is 6.01. The van der Waals surface area contributed by atoms with Crippen molar-refractivity contribution in [3.05, 3.63) is 41.2 Å². The topological polar surface area (TPSA) is 79.0 Å². The number of aromatic amines is 1. The Hall–Kier alpha value is -1.80. The molecule has 8 heteroatoms. The first-order valence-corrected chi connectivity index (χ1v) is 9.00. The second-order valence-corrected chi connectivity index (χ2v) is 7.70. The van der Waals surface area contributed by atoms with Gasteiger partial charge in [0.1, 0.15) is 16.5 Å². The first kappa shape index (κ1) is 16.1. The van der Waals surface area contributed by atoms with Gasteiger partial charge in [-0.1, -0.05) is 12.5 Å². The molecule has 0 saturated carbocycles. The normalized spacial score (nSPS) is 19.9. The van der Waals surface area contributed by atoms with Crippen molar-refractivity contribution in [1.29, 1.82) is 0 Å². The number of H-pyrrole nitrogens is 1. The molecule has 1 aromatic carbocycles. The molecule has 1 unspecified atom stereocenters. The number of aromatic nitrogens is 3. The highest BCUT2D eigenvalue weighted by molar-refractivity contribution is 7.89. The van der Waals surface area contributed by atoms with Gasteiger partial charge in [0.05, 0.1) is 6.04 Å². The van der Waals surface area contributed by atoms with Gasteiger partial charge in [-0.05, 0) is 44.4 Å². The highest BCUT2D eigenvalue weighted by Crippen LogP contribution is 2.34. The van der Waals surface area contributed by atoms with Crippen molar-refractivity contribution >= 4 is 10.0 Å². The number of sulfonamides is 1. The SMILES string of the molecule is Cc1ccc(F)c(S(=O)(=O)N2CCCCC2c2n[nH]c(C)n2)c1. The molecule has 1 aromatic heterocycles. The number of benzene rings is 1. The molecule has 0 spiro atoms. The number of nitrogens with zero attached hydrogens (tertiary/aromatic N) is 3. The van der Waals surface area contributed by atoms with E-state index in [0.717, 1.165) is 12.8 Å². The third-order valence-corrected chi connectivity index (χ3v) is 5.96. The molecule has 0 amide bonds. The van der Waals surface area contributed by atoms with Crippen molar-refractivity contribution in [2.24, 2.45) is 0 Å². The van der Waals surface area contributed by atoms with Gasteiger partial charge in [-0.15, -0.1) is 0 Å². The number of aryl methyl sites for hydroxylation is 2. The zero-order valence-electron chi connectivity index (χ0n) is 13.1. The lowest BCUT2D eigenvalue weighted by Crippen LogP contribution is -2.39. The van der Waals surface area contributed by atoms with Crippen LogP contribution in [0.5, 0.6) is 0 Å². The van der Waals surface area contributed by atoms with Crippen molar-refractivity contribution in [3.8, 4) is 0 Å². The molecule has 2 heterocycles. The Morgan fingerprint density at radius 1 is 1.30 bits per heavy atom. The summed E-state index contributed by atoms with van der Waals surface area (Å²) in [6.07, 6.45) is 2.26. The van der Waals surface area contributed by atoms with E-state index in [0.29, 0.717) is 30.2 Å². The van der Waals surface area contributed by atoms with Crippen LogP contribution < -0.4 is 0 Å². The number of hydrogen-bond donors (Lipinski definition) is 1. The Morgan fingerprint density at radius 3 is 2.78 bits per heavy atom. The van der Waals surface area contributed by atoms with Crippen molar-refractivity contribution in [2.45, 2.75) is 44.0 Å². The number of nitrogens with one attached hydrogen (secondary N) is 1. The van der Waals surface area contributed by atoms with E-state index in [1.54, 1.807) is 19.9 Å². The molecular weight excluding hydrogens is 319 g/mol. The predicted molar refractivity (Wildman–Crippen MR) is 82.7 cm³/mol. The van der Waals surface area contributed by atoms with E-state index in [-0.39, 0.29) is 4.90 Å². The molecule has 1 N–H and O–H groups in total. The van der Waals surface area contributed by atoms with Crippen LogP contribution >= 0.6 is 0 Å². The maximum atomic E-state index is 14.1. The Balaban J connectivity index is 2.04. The third-order valence-electron chi connectivity index (χ3n) is 4.04. The van der Waals surface area contributed by atoms with Crippen molar-refractivity contribution in [3.63, 3.8) is 0 Å². The van der Waals surface area contributed by atoms with E-state index < -0.39 is 21.9 Å². The monoisotopic (exact) mass is 338 g/mol. The minimum absolute atomic E-state index is 0.281. The Morgan fingerprint density at radius 2 is 2.09 bits per heavy atom. The molecule has 0 aliphatic carbocycles. The van der Waals surface area contributed by atoms with Crippen LogP contribution in [-0.4, -0.2) is 34.4 Å². The second-order valence-electron chi connectivity index (χ2n) is 5.84. The lowest BCUT2D eigenvalue weighted by Gasteiger charge is -2.33. The summed E-state index contributed by atoms with van der Waals surface area (Å²) in [7, 11) is -3.94. The fraction of sp³-hybridized carbons (Fsp3) is 0.467. The smallest absolute Gasteiger partial charge is 0.246 e. The van der Waals surface area contributed by atoms with Gasteiger partial charge in [0.15, 0.2) is 5.82 Å². The zero-order valence-corrected chi connectivity index (χ0v) is 13.9. The summed E-state index contributed by atoms with van der Waals surface area (Å²) in [5, 5.41) is 6.84. The standard InChI is InChI=1S/C15H19FN4O2S/c1-10-6-7-12(16)14(9-10)23(21,22)20-8-4-3-5-13(20)15-17-11(2)18-19-15/h6-7,9,13H,3-5,8H2,1-2H3,(H,17,18,19). The van der Waals surface area contributed by atoms with E-state index in [4.69, 9.17) is 0 Å². The molecular formula is C15H19FN4O2S. The molecule has 1 saturated heterocycles. The number of piperidine rings is 1. The molecule has 1 aliphatic rings. The van der Waals surface area contributed by atoms with Gasteiger partial charge in [-0.25, -0.2) is 17.8 Å². The molecule has 1 aliphatic heterocycles. The van der Waals surface area contributed by atoms with E-state index >= 15 is 0 Å². The average molecular weight is 338 g/mol. The van der Waals surface area contributed by atoms with Gasteiger partial charge < -0.3 is 0 Å². The molecule has 6 nitrogen and oxygen atoms in total. The van der Waals surface area contributed by atoms with Crippen molar-refractivity contribution < 1.29 is 12.8 Å². The Labute approximate surface area is 134 Å². The van der Waals surface area contributed by atoms with Crippen LogP contribution in [0.4, 0.5) is 4.39 Å². The van der Waals surface area contributed by atoms with Gasteiger partial charge >= 0.3 is 0 Å². The molecule has 2 aromatic rings. The molecule has 1 fully saturated rings. The first-order chi connectivity index (χ1) is 10.9. The minimum atomic E-state index is -3.94. The van der Waals surface area contributed by atoms with E-state index in [9.17, 15) is 12.8 Å². The summed E-state index contributed by atoms with van der Waals surface area (Å²) in [6.45, 7) is 3.84. The molecule has 124 valence electrons. The predicted octanol–water partition coefficient (Wildman–Crippen LogP) is 2.48. The Kier molecular flexibility index (Phi) is 4.20. The summed E-state index contributed by atoms with van der Waals surface area (Å²) in [5.74, 6) is 0.342. The van der Waals surface area contributed by atoms with Crippen LogP contribution in [0.15, 0.2) is 23.1 Å². The van der Waals surface area contributed by atoms with E-state index in [2.05, 4.69) is 15.2 Å². The highest BCUT2D eigenvalue weighted by atomic mass is 32.2. The molecule has 0 radical (unpaired) electrons. The average Bonchev–Trinajstić information content (AvgIpc) is 2.96. The lowest BCUT2D eigenvalue weighted by molar-refractivity contribution is 0.246. The van der Waals surface area contributed by atoms with Crippen molar-refractivity contribution in [2.75, 3.05) is 6.54 Å². The van der Waals surface area contributed by atoms with Crippen LogP contribution in [0.1, 0.15) is 42.5 Å². The summed E-state index contributed by atoms with van der Waals surface area (Å²) in [4.78, 5) is 3.98. The van der Waals surface area contributed by atoms with Crippen LogP contribution in [0.2, 0.25) is 0 Å². The maximum absolute atomic E-state index is 14.1. The van der Waals surface area contributed by atoms with Gasteiger partial charge in [-0.3, -0.25) is 5.10 Å². The fourth-order valence-corrected chi connectivity index (χ4v) is 4.70. The highest BCUT2D eigenvalue weighted by Gasteiger charge is 2.37. The van der Waals surface area contributed by atoms with Crippen LogP contribution in [0.3, 0.4) is 0 Å². The minimum Gasteiger partial charge on any atom is -0.263 e. The maximum Gasteiger partial charge on any atom is 0.246 e. The number of halogens is 1. The Bertz CT molecular complexity index is 819. The largest absolute Gasteiger partial charge is 0.263 e. The first-order valence-electron chi connectivity index (χ1n) is 7.56. The summed E-state index contributed by atoms with van der Waals surface area (Å²) in [5.41, 5.74) is 0.701. The van der Waals surface area contributed by atoms with E-state index in [1.807, 2.05) is 0 Å². The summed E-state index contributed by atoms with van der Waals surface area (Å²) in [6, 6.07) is 3.66. The van der Waals surface area contributed by atoms with Crippen LogP contribution in [-0.2, 0) is 10.0 Å². The van der Waals surface area contributed by atoms with Crippen molar-refractivity contribution in [1.82, 2.24) is 19.5 Å². The van der Waals surface area contributed by atoms with Gasteiger partial charge in [0, 0.05) is 6.54 Å². The number of rotatable bonds is 3. The third kappa shape index (κ3) is 3.00. The zero-order chi connectivity index (χ0) is 16.6. The van der Waals surface area contributed by atoms with Crippen LogP contribution in [0, 0.1) is 19.7 Å². The molecule has 23 heavy (non-hydrogen) atoms. The molecule has 0 bridgehead atoms. The molecule has 3 rings (SSSR count).